The van der Waals surface area contributed by atoms with Gasteiger partial charge in [0.2, 0.25) is 5.91 Å². The first-order valence-corrected chi connectivity index (χ1v) is 11.2. The number of hydrogen-bond acceptors (Lipinski definition) is 9. The van der Waals surface area contributed by atoms with Crippen molar-refractivity contribution in [1.82, 2.24) is 5.32 Å². The average molecular weight is 468 g/mol. The second kappa shape index (κ2) is 25.9. The van der Waals surface area contributed by atoms with Crippen molar-refractivity contribution in [1.29, 1.82) is 0 Å². The molecular weight excluding hydrogens is 426 g/mol. The van der Waals surface area contributed by atoms with Crippen LogP contribution in [0.3, 0.4) is 0 Å². The van der Waals surface area contributed by atoms with Gasteiger partial charge in [0.25, 0.3) is 0 Å². The molecule has 0 aliphatic heterocycles. The molecule has 190 valence electrons. The Bertz CT molecular complexity index is 425. The minimum absolute atomic E-state index is 0.289. The van der Waals surface area contributed by atoms with Crippen LogP contribution in [0.2, 0.25) is 0 Å². The second-order valence-corrected chi connectivity index (χ2v) is 6.62. The van der Waals surface area contributed by atoms with Crippen LogP contribution in [0.1, 0.15) is 26.2 Å². The predicted octanol–water partition coefficient (Wildman–Crippen LogP) is 0.494. The molecule has 0 saturated heterocycles. The van der Waals surface area contributed by atoms with Gasteiger partial charge in [-0.3, -0.25) is 4.79 Å². The summed E-state index contributed by atoms with van der Waals surface area (Å²) in [6, 6.07) is 0. The fourth-order valence-electron chi connectivity index (χ4n) is 2.20. The van der Waals surface area contributed by atoms with E-state index in [9.17, 15) is 9.59 Å². The summed E-state index contributed by atoms with van der Waals surface area (Å²) >= 11 is 0. The molecule has 0 aromatic rings. The van der Waals surface area contributed by atoms with Gasteiger partial charge in [0.1, 0.15) is 13.2 Å². The van der Waals surface area contributed by atoms with Gasteiger partial charge in [0.15, 0.2) is 0 Å². The van der Waals surface area contributed by atoms with Gasteiger partial charge < -0.3 is 43.6 Å². The fraction of sp³-hybridized carbons (Fsp3) is 0.905. The van der Waals surface area contributed by atoms with Crippen molar-refractivity contribution < 1.29 is 47.9 Å². The van der Waals surface area contributed by atoms with E-state index in [1.807, 2.05) is 0 Å². The molecule has 32 heavy (non-hydrogen) atoms. The number of unbranched alkanes of at least 4 members (excludes halogenated alkanes) is 2. The van der Waals surface area contributed by atoms with Crippen LogP contribution in [0, 0.1) is 0 Å². The van der Waals surface area contributed by atoms with Crippen molar-refractivity contribution in [2.75, 3.05) is 99.0 Å². The lowest BCUT2D eigenvalue weighted by molar-refractivity contribution is -0.143. The standard InChI is InChI=1S/C21H41NO10/c1-2-3-4-6-26-8-10-28-12-14-30-16-17-31-15-13-29-11-9-27-7-5-22-20(23)18-32-19-21(24)25/h2-19H2,1H3,(H,22,23)(H,24,25). The third-order valence-corrected chi connectivity index (χ3v) is 3.78. The summed E-state index contributed by atoms with van der Waals surface area (Å²) in [7, 11) is 0. The maximum atomic E-state index is 11.3. The van der Waals surface area contributed by atoms with Gasteiger partial charge in [0.05, 0.1) is 72.7 Å². The van der Waals surface area contributed by atoms with Crippen LogP contribution in [0.25, 0.3) is 0 Å². The molecule has 11 heteroatoms. The Hall–Kier alpha value is -1.34. The van der Waals surface area contributed by atoms with Gasteiger partial charge in [-0.15, -0.1) is 0 Å². The fourth-order valence-corrected chi connectivity index (χ4v) is 2.20. The number of carboxylic acid groups (broad SMARTS) is 1. The Morgan fingerprint density at radius 1 is 0.594 bits per heavy atom. The van der Waals surface area contributed by atoms with Crippen LogP contribution in [0.4, 0.5) is 0 Å². The van der Waals surface area contributed by atoms with E-state index in [0.717, 1.165) is 13.0 Å². The Morgan fingerprint density at radius 3 is 1.47 bits per heavy atom. The predicted molar refractivity (Wildman–Crippen MR) is 116 cm³/mol. The first kappa shape index (κ1) is 30.7. The van der Waals surface area contributed by atoms with E-state index < -0.39 is 12.6 Å². The lowest BCUT2D eigenvalue weighted by atomic mass is 10.3. The molecule has 0 aliphatic rings. The summed E-state index contributed by atoms with van der Waals surface area (Å²) in [5.74, 6) is -1.50. The maximum Gasteiger partial charge on any atom is 0.329 e. The van der Waals surface area contributed by atoms with Crippen molar-refractivity contribution in [3.8, 4) is 0 Å². The van der Waals surface area contributed by atoms with Gasteiger partial charge in [-0.05, 0) is 6.42 Å². The average Bonchev–Trinajstić information content (AvgIpc) is 2.77. The zero-order valence-corrected chi connectivity index (χ0v) is 19.3. The number of ether oxygens (including phenoxy) is 7. The molecule has 0 aromatic heterocycles. The van der Waals surface area contributed by atoms with Crippen LogP contribution in [-0.4, -0.2) is 116 Å². The smallest absolute Gasteiger partial charge is 0.329 e. The topological polar surface area (TPSA) is 131 Å². The summed E-state index contributed by atoms with van der Waals surface area (Å²) in [4.78, 5) is 21.5. The first-order valence-electron chi connectivity index (χ1n) is 11.2. The number of hydrogen-bond donors (Lipinski definition) is 2. The van der Waals surface area contributed by atoms with E-state index in [1.54, 1.807) is 0 Å². The van der Waals surface area contributed by atoms with E-state index in [2.05, 4.69) is 17.0 Å². The molecule has 0 bridgehead atoms. The Kier molecular flexibility index (Phi) is 24.8. The van der Waals surface area contributed by atoms with E-state index in [4.69, 9.17) is 33.5 Å². The van der Waals surface area contributed by atoms with Crippen molar-refractivity contribution in [2.45, 2.75) is 26.2 Å². The molecule has 0 saturated carbocycles. The maximum absolute atomic E-state index is 11.3. The minimum atomic E-state index is -1.12. The molecule has 0 aromatic carbocycles. The number of nitrogens with one attached hydrogen (secondary N) is 1. The van der Waals surface area contributed by atoms with Crippen LogP contribution in [0.5, 0.6) is 0 Å². The zero-order chi connectivity index (χ0) is 23.5. The van der Waals surface area contributed by atoms with E-state index in [1.165, 1.54) is 12.8 Å². The number of amides is 1. The van der Waals surface area contributed by atoms with Crippen molar-refractivity contribution in [2.24, 2.45) is 0 Å². The van der Waals surface area contributed by atoms with Gasteiger partial charge in [-0.25, -0.2) is 4.79 Å². The molecule has 0 unspecified atom stereocenters. The molecule has 0 aliphatic carbocycles. The molecule has 0 radical (unpaired) electrons. The van der Waals surface area contributed by atoms with E-state index in [-0.39, 0.29) is 12.5 Å². The van der Waals surface area contributed by atoms with Crippen LogP contribution in [-0.2, 0) is 42.7 Å². The lowest BCUT2D eigenvalue weighted by Gasteiger charge is -2.08. The quantitative estimate of drug-likeness (QED) is 0.173. The normalized spacial score (nSPS) is 11.0. The molecule has 1 amide bonds. The van der Waals surface area contributed by atoms with Crippen molar-refractivity contribution >= 4 is 11.9 Å². The van der Waals surface area contributed by atoms with E-state index in [0.29, 0.717) is 79.2 Å². The second-order valence-electron chi connectivity index (χ2n) is 6.62. The highest BCUT2D eigenvalue weighted by Crippen LogP contribution is 1.93. The summed E-state index contributed by atoms with van der Waals surface area (Å²) in [6.45, 7) is 7.89. The number of carbonyl (C=O) groups is 2. The van der Waals surface area contributed by atoms with Gasteiger partial charge in [0, 0.05) is 13.2 Å². The van der Waals surface area contributed by atoms with Crippen LogP contribution in [0.15, 0.2) is 0 Å². The largest absolute Gasteiger partial charge is 0.480 e. The SMILES string of the molecule is CCCCCOCCOCCOCCOCCOCCOCCNC(=O)COCC(=O)O. The van der Waals surface area contributed by atoms with Crippen LogP contribution >= 0.6 is 0 Å². The highest BCUT2D eigenvalue weighted by atomic mass is 16.6. The third-order valence-electron chi connectivity index (χ3n) is 3.78. The monoisotopic (exact) mass is 467 g/mol. The van der Waals surface area contributed by atoms with Gasteiger partial charge in [-0.2, -0.15) is 0 Å². The number of carbonyl (C=O) groups excluding carboxylic acids is 1. The number of carboxylic acids is 1. The molecule has 0 atom stereocenters. The van der Waals surface area contributed by atoms with Crippen LogP contribution < -0.4 is 5.32 Å². The Labute approximate surface area is 191 Å². The highest BCUT2D eigenvalue weighted by molar-refractivity contribution is 5.77. The summed E-state index contributed by atoms with van der Waals surface area (Å²) < 4.78 is 37.0. The van der Waals surface area contributed by atoms with Gasteiger partial charge >= 0.3 is 5.97 Å². The minimum Gasteiger partial charge on any atom is -0.480 e. The Balaban J connectivity index is 3.09. The van der Waals surface area contributed by atoms with E-state index >= 15 is 0 Å². The molecule has 0 spiro atoms. The molecule has 0 fully saturated rings. The number of aliphatic carboxylic acids is 1. The first-order chi connectivity index (χ1) is 15.7. The summed E-state index contributed by atoms with van der Waals surface area (Å²) in [5.41, 5.74) is 0. The highest BCUT2D eigenvalue weighted by Gasteiger charge is 2.03. The third kappa shape index (κ3) is 26.7. The summed E-state index contributed by atoms with van der Waals surface area (Å²) in [5, 5.41) is 10.9. The van der Waals surface area contributed by atoms with Gasteiger partial charge in [-0.1, -0.05) is 19.8 Å². The molecule has 2 N–H and O–H groups in total. The molecule has 11 nitrogen and oxygen atoms in total. The molecular formula is C21H41NO10. The molecule has 0 rings (SSSR count). The number of rotatable bonds is 26. The lowest BCUT2D eigenvalue weighted by Crippen LogP contribution is -2.31. The summed E-state index contributed by atoms with van der Waals surface area (Å²) in [6.07, 6.45) is 3.51. The molecule has 0 heterocycles. The Morgan fingerprint density at radius 2 is 1.03 bits per heavy atom. The zero-order valence-electron chi connectivity index (χ0n) is 19.3. The van der Waals surface area contributed by atoms with Crippen molar-refractivity contribution in [3.63, 3.8) is 0 Å². The van der Waals surface area contributed by atoms with Crippen molar-refractivity contribution in [3.05, 3.63) is 0 Å².